The van der Waals surface area contributed by atoms with E-state index in [-0.39, 0.29) is 18.1 Å². The molecule has 0 bridgehead atoms. The van der Waals surface area contributed by atoms with Gasteiger partial charge in [-0.25, -0.2) is 8.42 Å². The topological polar surface area (TPSA) is 63.6 Å². The second kappa shape index (κ2) is 6.54. The number of halogens is 1. The number of sulfone groups is 1. The summed E-state index contributed by atoms with van der Waals surface area (Å²) in [5.74, 6) is 0.609. The lowest BCUT2D eigenvalue weighted by atomic mass is 10.1. The van der Waals surface area contributed by atoms with Gasteiger partial charge < -0.3 is 9.84 Å². The van der Waals surface area contributed by atoms with Gasteiger partial charge in [-0.05, 0) is 25.1 Å². The van der Waals surface area contributed by atoms with Crippen molar-refractivity contribution in [3.8, 4) is 5.75 Å². The van der Waals surface area contributed by atoms with Crippen molar-refractivity contribution in [1.29, 1.82) is 0 Å². The molecule has 0 spiro atoms. The molecule has 0 aliphatic heterocycles. The van der Waals surface area contributed by atoms with Crippen LogP contribution in [-0.4, -0.2) is 31.6 Å². The van der Waals surface area contributed by atoms with E-state index in [9.17, 15) is 13.5 Å². The lowest BCUT2D eigenvalue weighted by Gasteiger charge is -2.13. The van der Waals surface area contributed by atoms with Crippen molar-refractivity contribution in [2.24, 2.45) is 0 Å². The molecule has 1 N–H and O–H groups in total. The third-order valence-corrected chi connectivity index (χ3v) is 4.68. The summed E-state index contributed by atoms with van der Waals surface area (Å²) in [7, 11) is -3.03. The summed E-state index contributed by atoms with van der Waals surface area (Å²) in [5, 5.41) is 9.62. The van der Waals surface area contributed by atoms with Gasteiger partial charge in [0.25, 0.3) is 0 Å². The first-order valence-electron chi connectivity index (χ1n) is 5.66. The summed E-state index contributed by atoms with van der Waals surface area (Å²) < 4.78 is 28.9. The summed E-state index contributed by atoms with van der Waals surface area (Å²) in [6, 6.07) is 5.26. The number of hydrogen-bond acceptors (Lipinski definition) is 4. The fourth-order valence-electron chi connectivity index (χ4n) is 1.40. The smallest absolute Gasteiger partial charge is 0.153 e. The van der Waals surface area contributed by atoms with Crippen LogP contribution >= 0.6 is 15.9 Å². The highest BCUT2D eigenvalue weighted by atomic mass is 79.9. The molecule has 0 saturated heterocycles. The molecule has 0 heterocycles. The second-order valence-electron chi connectivity index (χ2n) is 3.94. The number of aliphatic hydroxyl groups is 1. The van der Waals surface area contributed by atoms with E-state index in [0.717, 1.165) is 4.47 Å². The van der Waals surface area contributed by atoms with Crippen LogP contribution in [0.5, 0.6) is 5.75 Å². The van der Waals surface area contributed by atoms with E-state index in [1.54, 1.807) is 32.0 Å². The van der Waals surface area contributed by atoms with Gasteiger partial charge in [-0.2, -0.15) is 0 Å². The van der Waals surface area contributed by atoms with Crippen LogP contribution in [0.15, 0.2) is 22.7 Å². The lowest BCUT2D eigenvalue weighted by Crippen LogP contribution is -2.16. The Bertz CT molecular complexity index is 497. The molecule has 1 unspecified atom stereocenters. The second-order valence-corrected chi connectivity index (χ2v) is 7.33. The van der Waals surface area contributed by atoms with Crippen LogP contribution in [0.25, 0.3) is 0 Å². The van der Waals surface area contributed by atoms with E-state index in [1.165, 1.54) is 0 Å². The maximum Gasteiger partial charge on any atom is 0.153 e. The van der Waals surface area contributed by atoms with E-state index in [4.69, 9.17) is 4.74 Å². The number of hydrogen-bond donors (Lipinski definition) is 1. The van der Waals surface area contributed by atoms with Crippen LogP contribution < -0.4 is 4.74 Å². The maximum atomic E-state index is 11.3. The molecular formula is C12H17BrO4S. The van der Waals surface area contributed by atoms with Crippen molar-refractivity contribution in [3.63, 3.8) is 0 Å². The number of ether oxygens (including phenoxy) is 1. The summed E-state index contributed by atoms with van der Waals surface area (Å²) in [4.78, 5) is 0. The van der Waals surface area contributed by atoms with Gasteiger partial charge in [0.15, 0.2) is 9.84 Å². The Morgan fingerprint density at radius 2 is 2.11 bits per heavy atom. The molecule has 0 amide bonds. The average molecular weight is 337 g/mol. The van der Waals surface area contributed by atoms with Crippen molar-refractivity contribution in [2.75, 3.05) is 18.1 Å². The van der Waals surface area contributed by atoms with Gasteiger partial charge in [0.2, 0.25) is 0 Å². The number of benzene rings is 1. The third-order valence-electron chi connectivity index (χ3n) is 2.51. The normalized spacial score (nSPS) is 13.3. The summed E-state index contributed by atoms with van der Waals surface area (Å²) in [5.41, 5.74) is 0.637. The Kier molecular flexibility index (Phi) is 5.62. The molecular weight excluding hydrogens is 320 g/mol. The van der Waals surface area contributed by atoms with Gasteiger partial charge in [-0.1, -0.05) is 22.9 Å². The van der Waals surface area contributed by atoms with Gasteiger partial charge in [-0.15, -0.1) is 0 Å². The van der Waals surface area contributed by atoms with Gasteiger partial charge in [-0.3, -0.25) is 0 Å². The summed E-state index contributed by atoms with van der Waals surface area (Å²) >= 11 is 3.31. The molecule has 0 aliphatic rings. The van der Waals surface area contributed by atoms with Crippen LogP contribution in [-0.2, 0) is 9.84 Å². The van der Waals surface area contributed by atoms with E-state index >= 15 is 0 Å². The lowest BCUT2D eigenvalue weighted by molar-refractivity contribution is 0.192. The van der Waals surface area contributed by atoms with Crippen LogP contribution in [0.4, 0.5) is 0 Å². The van der Waals surface area contributed by atoms with Gasteiger partial charge >= 0.3 is 0 Å². The fraction of sp³-hybridized carbons (Fsp3) is 0.500. The predicted octanol–water partition coefficient (Wildman–Crippen LogP) is 2.32. The molecule has 0 aromatic heterocycles. The van der Waals surface area contributed by atoms with Crippen molar-refractivity contribution in [1.82, 2.24) is 0 Å². The Labute approximate surface area is 116 Å². The SMILES string of the molecule is CCS(=O)(=O)CCOc1ccc(Br)cc1C(C)O. The van der Waals surface area contributed by atoms with E-state index in [1.807, 2.05) is 0 Å². The first-order chi connectivity index (χ1) is 8.35. The molecule has 0 aliphatic carbocycles. The van der Waals surface area contributed by atoms with E-state index in [2.05, 4.69) is 15.9 Å². The van der Waals surface area contributed by atoms with Crippen molar-refractivity contribution in [3.05, 3.63) is 28.2 Å². The van der Waals surface area contributed by atoms with Gasteiger partial charge in [0.1, 0.15) is 12.4 Å². The quantitative estimate of drug-likeness (QED) is 0.865. The van der Waals surface area contributed by atoms with Crippen molar-refractivity contribution >= 4 is 25.8 Å². The van der Waals surface area contributed by atoms with Crippen LogP contribution in [0.2, 0.25) is 0 Å². The predicted molar refractivity (Wildman–Crippen MR) is 74.6 cm³/mol. The number of aliphatic hydroxyl groups excluding tert-OH is 1. The van der Waals surface area contributed by atoms with E-state index in [0.29, 0.717) is 11.3 Å². The Hall–Kier alpha value is -0.590. The highest BCUT2D eigenvalue weighted by Crippen LogP contribution is 2.28. The van der Waals surface area contributed by atoms with Gasteiger partial charge in [0.05, 0.1) is 11.9 Å². The minimum atomic E-state index is -3.03. The zero-order valence-electron chi connectivity index (χ0n) is 10.4. The fourth-order valence-corrected chi connectivity index (χ4v) is 2.40. The molecule has 1 atom stereocenters. The molecule has 1 aromatic carbocycles. The maximum absolute atomic E-state index is 11.3. The molecule has 18 heavy (non-hydrogen) atoms. The monoisotopic (exact) mass is 336 g/mol. The first kappa shape index (κ1) is 15.5. The molecule has 6 heteroatoms. The summed E-state index contributed by atoms with van der Waals surface area (Å²) in [6.07, 6.45) is -0.666. The third kappa shape index (κ3) is 4.59. The highest BCUT2D eigenvalue weighted by molar-refractivity contribution is 9.10. The van der Waals surface area contributed by atoms with E-state index < -0.39 is 15.9 Å². The Morgan fingerprint density at radius 1 is 1.44 bits per heavy atom. The van der Waals surface area contributed by atoms with Crippen LogP contribution in [0.1, 0.15) is 25.5 Å². The van der Waals surface area contributed by atoms with Gasteiger partial charge in [0, 0.05) is 15.8 Å². The molecule has 1 aromatic rings. The van der Waals surface area contributed by atoms with Crippen molar-refractivity contribution in [2.45, 2.75) is 20.0 Å². The Balaban J connectivity index is 2.73. The summed E-state index contributed by atoms with van der Waals surface area (Å²) in [6.45, 7) is 3.34. The Morgan fingerprint density at radius 3 is 2.67 bits per heavy atom. The molecule has 0 radical (unpaired) electrons. The molecule has 4 nitrogen and oxygen atoms in total. The number of rotatable bonds is 6. The molecule has 102 valence electrons. The van der Waals surface area contributed by atoms with Crippen LogP contribution in [0.3, 0.4) is 0 Å². The minimum Gasteiger partial charge on any atom is -0.492 e. The van der Waals surface area contributed by atoms with Crippen LogP contribution in [0, 0.1) is 0 Å². The largest absolute Gasteiger partial charge is 0.492 e. The minimum absolute atomic E-state index is 0.0151. The standard InChI is InChI=1S/C12H17BrO4S/c1-3-18(15,16)7-6-17-12-5-4-10(13)8-11(12)9(2)14/h4-5,8-9,14H,3,6-7H2,1-2H3. The molecule has 1 rings (SSSR count). The first-order valence-corrected chi connectivity index (χ1v) is 8.28. The molecule has 0 saturated carbocycles. The average Bonchev–Trinajstić information content (AvgIpc) is 2.30. The highest BCUT2D eigenvalue weighted by Gasteiger charge is 2.12. The molecule has 0 fully saturated rings. The zero-order valence-corrected chi connectivity index (χ0v) is 12.8. The zero-order chi connectivity index (χ0) is 13.8. The van der Waals surface area contributed by atoms with Crippen molar-refractivity contribution < 1.29 is 18.3 Å².